The minimum absolute atomic E-state index is 0.0459. The third kappa shape index (κ3) is 3.91. The number of aromatic hydroxyl groups is 1. The van der Waals surface area contributed by atoms with E-state index in [-0.39, 0.29) is 23.5 Å². The van der Waals surface area contributed by atoms with E-state index in [9.17, 15) is 20.0 Å². The Kier molecular flexibility index (Phi) is 5.63. The standard InChI is InChI=1S/C23H18N4O5/c1-2-32-20-13-15(12-19(21(20)28)27(30)31)14-24-26-22(16-8-4-3-5-9-16)25-18-11-7-6-10-17(18)23(26)29/h3-14,28H,2H2,1H3. The van der Waals surface area contributed by atoms with Crippen molar-refractivity contribution < 1.29 is 14.8 Å². The first kappa shape index (κ1) is 20.7. The van der Waals surface area contributed by atoms with Gasteiger partial charge in [0.1, 0.15) is 0 Å². The maximum absolute atomic E-state index is 13.2. The first-order valence-corrected chi connectivity index (χ1v) is 9.75. The molecule has 0 amide bonds. The zero-order valence-electron chi connectivity index (χ0n) is 17.0. The summed E-state index contributed by atoms with van der Waals surface area (Å²) in [7, 11) is 0. The Morgan fingerprint density at radius 1 is 1.16 bits per heavy atom. The summed E-state index contributed by atoms with van der Waals surface area (Å²) in [6.07, 6.45) is 1.29. The van der Waals surface area contributed by atoms with Gasteiger partial charge in [0.05, 0.1) is 28.6 Å². The molecular weight excluding hydrogens is 412 g/mol. The molecule has 0 fully saturated rings. The zero-order chi connectivity index (χ0) is 22.7. The van der Waals surface area contributed by atoms with Crippen molar-refractivity contribution in [2.45, 2.75) is 6.92 Å². The Labute approximate surface area is 182 Å². The molecule has 0 bridgehead atoms. The van der Waals surface area contributed by atoms with Gasteiger partial charge in [-0.05, 0) is 25.1 Å². The van der Waals surface area contributed by atoms with Crippen molar-refractivity contribution in [2.24, 2.45) is 5.10 Å². The molecule has 160 valence electrons. The summed E-state index contributed by atoms with van der Waals surface area (Å²) >= 11 is 0. The third-order valence-electron chi connectivity index (χ3n) is 4.68. The van der Waals surface area contributed by atoms with Crippen molar-refractivity contribution in [1.82, 2.24) is 9.66 Å². The van der Waals surface area contributed by atoms with E-state index >= 15 is 0 Å². The lowest BCUT2D eigenvalue weighted by molar-refractivity contribution is -0.386. The average Bonchev–Trinajstić information content (AvgIpc) is 2.80. The summed E-state index contributed by atoms with van der Waals surface area (Å²) in [6, 6.07) is 18.6. The smallest absolute Gasteiger partial charge is 0.315 e. The molecule has 1 N–H and O–H groups in total. The predicted octanol–water partition coefficient (Wildman–Crippen LogP) is 3.96. The normalized spacial score (nSPS) is 11.2. The van der Waals surface area contributed by atoms with Gasteiger partial charge in [-0.1, -0.05) is 42.5 Å². The Morgan fingerprint density at radius 2 is 1.88 bits per heavy atom. The Morgan fingerprint density at radius 3 is 2.59 bits per heavy atom. The van der Waals surface area contributed by atoms with E-state index in [0.29, 0.717) is 22.3 Å². The minimum Gasteiger partial charge on any atom is -0.500 e. The van der Waals surface area contributed by atoms with Gasteiger partial charge in [0.25, 0.3) is 5.56 Å². The van der Waals surface area contributed by atoms with E-state index < -0.39 is 16.4 Å². The summed E-state index contributed by atoms with van der Waals surface area (Å²) in [6.45, 7) is 1.90. The monoisotopic (exact) mass is 430 g/mol. The van der Waals surface area contributed by atoms with Gasteiger partial charge in [-0.3, -0.25) is 14.9 Å². The number of fused-ring (bicyclic) bond motifs is 1. The van der Waals surface area contributed by atoms with Crippen LogP contribution in [0.3, 0.4) is 0 Å². The van der Waals surface area contributed by atoms with E-state index in [4.69, 9.17) is 4.74 Å². The highest BCUT2D eigenvalue weighted by Gasteiger charge is 2.20. The van der Waals surface area contributed by atoms with Gasteiger partial charge in [0.15, 0.2) is 11.6 Å². The van der Waals surface area contributed by atoms with Crippen LogP contribution in [0.5, 0.6) is 11.5 Å². The van der Waals surface area contributed by atoms with E-state index in [2.05, 4.69) is 10.1 Å². The van der Waals surface area contributed by atoms with E-state index in [1.807, 2.05) is 18.2 Å². The first-order chi connectivity index (χ1) is 15.5. The molecule has 0 spiro atoms. The molecular formula is C23H18N4O5. The van der Waals surface area contributed by atoms with Crippen molar-refractivity contribution >= 4 is 22.8 Å². The van der Waals surface area contributed by atoms with Crippen LogP contribution in [0.15, 0.2) is 76.6 Å². The number of hydrogen-bond donors (Lipinski definition) is 1. The molecule has 0 unspecified atom stereocenters. The largest absolute Gasteiger partial charge is 0.500 e. The van der Waals surface area contributed by atoms with Crippen molar-refractivity contribution in [2.75, 3.05) is 6.61 Å². The quantitative estimate of drug-likeness (QED) is 0.281. The van der Waals surface area contributed by atoms with Gasteiger partial charge in [-0.25, -0.2) is 4.98 Å². The van der Waals surface area contributed by atoms with E-state index in [1.165, 1.54) is 12.3 Å². The van der Waals surface area contributed by atoms with Crippen LogP contribution in [0.2, 0.25) is 0 Å². The van der Waals surface area contributed by atoms with Crippen LogP contribution in [-0.4, -0.2) is 32.5 Å². The van der Waals surface area contributed by atoms with Crippen LogP contribution in [0, 0.1) is 10.1 Å². The summed E-state index contributed by atoms with van der Waals surface area (Å²) < 4.78 is 6.45. The second-order valence-electron chi connectivity index (χ2n) is 6.76. The maximum Gasteiger partial charge on any atom is 0.315 e. The SMILES string of the molecule is CCOc1cc(C=Nn2c(-c3ccccc3)nc3ccccc3c2=O)cc([N+](=O)[O-])c1O. The molecule has 1 heterocycles. The molecule has 3 aromatic carbocycles. The fourth-order valence-electron chi connectivity index (χ4n) is 3.22. The number of aromatic nitrogens is 2. The molecule has 1 aromatic heterocycles. The van der Waals surface area contributed by atoms with Crippen molar-refractivity contribution in [3.05, 3.63) is 92.8 Å². The lowest BCUT2D eigenvalue weighted by Gasteiger charge is -2.10. The van der Waals surface area contributed by atoms with Crippen LogP contribution < -0.4 is 10.3 Å². The highest BCUT2D eigenvalue weighted by molar-refractivity contribution is 5.84. The van der Waals surface area contributed by atoms with Crippen LogP contribution in [0.4, 0.5) is 5.69 Å². The summed E-state index contributed by atoms with van der Waals surface area (Å²) in [5.41, 5.74) is 0.576. The van der Waals surface area contributed by atoms with Crippen molar-refractivity contribution in [3.8, 4) is 22.9 Å². The number of nitrogens with zero attached hydrogens (tertiary/aromatic N) is 4. The van der Waals surface area contributed by atoms with Gasteiger partial charge >= 0.3 is 5.69 Å². The summed E-state index contributed by atoms with van der Waals surface area (Å²) in [5.74, 6) is -0.289. The number of nitro groups is 1. The number of benzene rings is 3. The van der Waals surface area contributed by atoms with Crippen molar-refractivity contribution in [3.63, 3.8) is 0 Å². The van der Waals surface area contributed by atoms with Gasteiger partial charge in [-0.2, -0.15) is 9.78 Å². The molecule has 0 aliphatic rings. The Balaban J connectivity index is 1.90. The number of nitro benzene ring substituents is 1. The number of phenolic OH excluding ortho intramolecular Hbond substituents is 1. The summed E-state index contributed by atoms with van der Waals surface area (Å²) in [4.78, 5) is 28.4. The lowest BCUT2D eigenvalue weighted by Crippen LogP contribution is -2.20. The molecule has 9 heteroatoms. The average molecular weight is 430 g/mol. The lowest BCUT2D eigenvalue weighted by atomic mass is 10.2. The van der Waals surface area contributed by atoms with Gasteiger partial charge in [-0.15, -0.1) is 0 Å². The topological polar surface area (TPSA) is 120 Å². The Bertz CT molecular complexity index is 1400. The van der Waals surface area contributed by atoms with Crippen molar-refractivity contribution in [1.29, 1.82) is 0 Å². The fraction of sp³-hybridized carbons (Fsp3) is 0.0870. The van der Waals surface area contributed by atoms with Gasteiger partial charge in [0, 0.05) is 17.2 Å². The summed E-state index contributed by atoms with van der Waals surface area (Å²) in [5, 5.41) is 26.1. The predicted molar refractivity (Wildman–Crippen MR) is 120 cm³/mol. The van der Waals surface area contributed by atoms with Crippen LogP contribution in [-0.2, 0) is 0 Å². The van der Waals surface area contributed by atoms with Crippen LogP contribution in [0.25, 0.3) is 22.3 Å². The maximum atomic E-state index is 13.2. The van der Waals surface area contributed by atoms with Gasteiger partial charge < -0.3 is 9.84 Å². The van der Waals surface area contributed by atoms with Crippen LogP contribution >= 0.6 is 0 Å². The van der Waals surface area contributed by atoms with E-state index in [0.717, 1.165) is 10.7 Å². The molecule has 0 radical (unpaired) electrons. The Hall–Kier alpha value is -4.53. The molecule has 32 heavy (non-hydrogen) atoms. The minimum atomic E-state index is -0.714. The number of ether oxygens (including phenoxy) is 1. The molecule has 9 nitrogen and oxygen atoms in total. The molecule has 4 aromatic rings. The van der Waals surface area contributed by atoms with Gasteiger partial charge in [0.2, 0.25) is 5.75 Å². The zero-order valence-corrected chi connectivity index (χ0v) is 17.0. The molecule has 0 aliphatic heterocycles. The molecule has 4 rings (SSSR count). The third-order valence-corrected chi connectivity index (χ3v) is 4.68. The molecule has 0 atom stereocenters. The number of rotatable bonds is 6. The molecule has 0 saturated carbocycles. The molecule has 0 aliphatic carbocycles. The van der Waals surface area contributed by atoms with E-state index in [1.54, 1.807) is 43.3 Å². The first-order valence-electron chi connectivity index (χ1n) is 9.75. The second-order valence-corrected chi connectivity index (χ2v) is 6.76. The number of phenols is 1. The fourth-order valence-corrected chi connectivity index (χ4v) is 3.22. The highest BCUT2D eigenvalue weighted by atomic mass is 16.6. The van der Waals surface area contributed by atoms with Crippen LogP contribution in [0.1, 0.15) is 12.5 Å². The molecule has 0 saturated heterocycles. The highest BCUT2D eigenvalue weighted by Crippen LogP contribution is 2.36. The number of para-hydroxylation sites is 1. The second kappa shape index (κ2) is 8.68. The number of hydrogen-bond acceptors (Lipinski definition) is 7.